The Morgan fingerprint density at radius 2 is 2.00 bits per heavy atom. The van der Waals surface area contributed by atoms with Gasteiger partial charge < -0.3 is 20.1 Å². The molecule has 0 radical (unpaired) electrons. The summed E-state index contributed by atoms with van der Waals surface area (Å²) in [6, 6.07) is 5.50. The molecule has 0 aromatic heterocycles. The van der Waals surface area contributed by atoms with Gasteiger partial charge in [-0.1, -0.05) is 61.0 Å². The van der Waals surface area contributed by atoms with E-state index in [1.807, 2.05) is 31.0 Å². The highest BCUT2D eigenvalue weighted by Crippen LogP contribution is 2.44. The van der Waals surface area contributed by atoms with Crippen molar-refractivity contribution in [3.05, 3.63) is 33.8 Å². The number of nitrogens with zero attached hydrogens (tertiary/aromatic N) is 1. The molecule has 7 heteroatoms. The minimum absolute atomic E-state index is 0.0872. The Hall–Kier alpha value is -0.850. The summed E-state index contributed by atoms with van der Waals surface area (Å²) in [6.45, 7) is 5.55. The van der Waals surface area contributed by atoms with E-state index in [4.69, 9.17) is 27.9 Å². The molecule has 5 nitrogen and oxygen atoms in total. The molecule has 1 aliphatic carbocycles. The molecule has 1 amide bonds. The van der Waals surface area contributed by atoms with Crippen LogP contribution >= 0.6 is 23.2 Å². The summed E-state index contributed by atoms with van der Waals surface area (Å²) in [5.74, 6) is 1.26. The maximum absolute atomic E-state index is 13.5. The summed E-state index contributed by atoms with van der Waals surface area (Å²) in [6.07, 6.45) is 11.0. The Bertz CT molecular complexity index is 818. The van der Waals surface area contributed by atoms with E-state index in [0.29, 0.717) is 54.1 Å². The maximum Gasteiger partial charge on any atom is 0.222 e. The molecular weight excluding hydrogens is 495 g/mol. The quantitative estimate of drug-likeness (QED) is 0.267. The minimum Gasteiger partial charge on any atom is -0.385 e. The van der Waals surface area contributed by atoms with Crippen LogP contribution in [0.5, 0.6) is 0 Å². The molecule has 0 bridgehead atoms. The Kier molecular flexibility index (Phi) is 12.3. The minimum atomic E-state index is -1.14. The number of likely N-dealkylation sites (tertiary alicyclic amines) is 1. The van der Waals surface area contributed by atoms with E-state index in [2.05, 4.69) is 5.32 Å². The highest BCUT2D eigenvalue weighted by atomic mass is 35.5. The van der Waals surface area contributed by atoms with Crippen LogP contribution in [0.15, 0.2) is 18.2 Å². The number of rotatable bonds is 14. The molecule has 3 rings (SSSR count). The Morgan fingerprint density at radius 1 is 1.22 bits per heavy atom. The highest BCUT2D eigenvalue weighted by Gasteiger charge is 2.42. The number of carbonyl (C=O) groups is 1. The zero-order valence-corrected chi connectivity index (χ0v) is 23.8. The summed E-state index contributed by atoms with van der Waals surface area (Å²) in [5, 5.41) is 16.4. The molecule has 1 aliphatic heterocycles. The first-order chi connectivity index (χ1) is 17.4. The fourth-order valence-electron chi connectivity index (χ4n) is 6.35. The first kappa shape index (κ1) is 29.7. The van der Waals surface area contributed by atoms with E-state index < -0.39 is 5.60 Å². The van der Waals surface area contributed by atoms with E-state index in [-0.39, 0.29) is 11.8 Å². The van der Waals surface area contributed by atoms with Gasteiger partial charge in [-0.05, 0) is 76.9 Å². The lowest BCUT2D eigenvalue weighted by Gasteiger charge is -2.43. The van der Waals surface area contributed by atoms with Crippen LogP contribution in [0.3, 0.4) is 0 Å². The van der Waals surface area contributed by atoms with Crippen molar-refractivity contribution in [2.45, 2.75) is 83.2 Å². The standard InChI is InChI=1S/C29H46Cl2N2O3/c1-3-36-17-7-6-15-29(35,25-13-8-14-26(30)28(25)31)24-12-9-16-33(21-24)27(34)19-23(20-32-2)18-22-10-4-5-11-22/h8,13-14,22-24,32,35H,3-7,9-12,15-21H2,1-2H3/t23-,24-,29+/m1/s1. The zero-order valence-electron chi connectivity index (χ0n) is 22.2. The van der Waals surface area contributed by atoms with Gasteiger partial charge in [0.05, 0.1) is 15.6 Å². The Labute approximate surface area is 228 Å². The molecule has 2 aliphatic rings. The lowest BCUT2D eigenvalue weighted by atomic mass is 9.74. The van der Waals surface area contributed by atoms with Gasteiger partial charge in [0.1, 0.15) is 0 Å². The van der Waals surface area contributed by atoms with Crippen LogP contribution in [0, 0.1) is 17.8 Å². The van der Waals surface area contributed by atoms with Gasteiger partial charge >= 0.3 is 0 Å². The van der Waals surface area contributed by atoms with E-state index in [1.54, 1.807) is 6.07 Å². The van der Waals surface area contributed by atoms with E-state index in [9.17, 15) is 9.90 Å². The number of amides is 1. The molecule has 1 heterocycles. The summed E-state index contributed by atoms with van der Waals surface area (Å²) >= 11 is 13.0. The summed E-state index contributed by atoms with van der Waals surface area (Å²) in [7, 11) is 1.98. The third-order valence-electron chi connectivity index (χ3n) is 8.27. The smallest absolute Gasteiger partial charge is 0.222 e. The van der Waals surface area contributed by atoms with Crippen LogP contribution in [0.4, 0.5) is 0 Å². The van der Waals surface area contributed by atoms with Crippen molar-refractivity contribution in [1.82, 2.24) is 10.2 Å². The van der Waals surface area contributed by atoms with Gasteiger partial charge in [0.25, 0.3) is 0 Å². The normalized spacial score (nSPS) is 21.5. The molecule has 3 atom stereocenters. The number of hydrogen-bond acceptors (Lipinski definition) is 4. The van der Waals surface area contributed by atoms with E-state index >= 15 is 0 Å². The van der Waals surface area contributed by atoms with Gasteiger partial charge in [0.15, 0.2) is 0 Å². The number of hydrogen-bond donors (Lipinski definition) is 2. The molecule has 36 heavy (non-hydrogen) atoms. The molecule has 1 saturated carbocycles. The average Bonchev–Trinajstić information content (AvgIpc) is 3.38. The van der Waals surface area contributed by atoms with Gasteiger partial charge in [-0.3, -0.25) is 4.79 Å². The predicted molar refractivity (Wildman–Crippen MR) is 149 cm³/mol. The molecule has 0 spiro atoms. The summed E-state index contributed by atoms with van der Waals surface area (Å²) in [4.78, 5) is 15.5. The largest absolute Gasteiger partial charge is 0.385 e. The van der Waals surface area contributed by atoms with Crippen LogP contribution in [0.2, 0.25) is 10.0 Å². The highest BCUT2D eigenvalue weighted by molar-refractivity contribution is 6.42. The number of aliphatic hydroxyl groups is 1. The number of unbranched alkanes of at least 4 members (excludes halogenated alkanes) is 1. The SMILES string of the molecule is CCOCCCC[C@@](O)(c1cccc(Cl)c1Cl)[C@@H]1CCCN(C(=O)C[C@H](CNC)CC2CCCC2)C1. The molecule has 204 valence electrons. The van der Waals surface area contributed by atoms with Crippen molar-refractivity contribution in [1.29, 1.82) is 0 Å². The van der Waals surface area contributed by atoms with Gasteiger partial charge in [0, 0.05) is 44.2 Å². The topological polar surface area (TPSA) is 61.8 Å². The molecule has 0 unspecified atom stereocenters. The number of ether oxygens (including phenoxy) is 1. The van der Waals surface area contributed by atoms with Crippen molar-refractivity contribution in [2.24, 2.45) is 17.8 Å². The van der Waals surface area contributed by atoms with Crippen molar-refractivity contribution >= 4 is 29.1 Å². The fourth-order valence-corrected chi connectivity index (χ4v) is 6.82. The van der Waals surface area contributed by atoms with Gasteiger partial charge in [0.2, 0.25) is 5.91 Å². The van der Waals surface area contributed by atoms with Crippen molar-refractivity contribution in [3.8, 4) is 0 Å². The molecule has 2 N–H and O–H groups in total. The Balaban J connectivity index is 1.72. The molecule has 2 fully saturated rings. The number of piperidine rings is 1. The predicted octanol–water partition coefficient (Wildman–Crippen LogP) is 6.43. The second-order valence-corrected chi connectivity index (χ2v) is 11.7. The number of nitrogens with one attached hydrogen (secondary N) is 1. The second kappa shape index (κ2) is 14.9. The van der Waals surface area contributed by atoms with Crippen molar-refractivity contribution < 1.29 is 14.6 Å². The molecular formula is C29H46Cl2N2O3. The second-order valence-electron chi connectivity index (χ2n) is 10.9. The van der Waals surface area contributed by atoms with Crippen LogP contribution in [0.1, 0.15) is 83.1 Å². The Morgan fingerprint density at radius 3 is 2.72 bits per heavy atom. The van der Waals surface area contributed by atoms with Crippen LogP contribution < -0.4 is 5.32 Å². The van der Waals surface area contributed by atoms with E-state index in [0.717, 1.165) is 51.1 Å². The first-order valence-electron chi connectivity index (χ1n) is 14.1. The monoisotopic (exact) mass is 540 g/mol. The number of benzene rings is 1. The van der Waals surface area contributed by atoms with Gasteiger partial charge in [-0.2, -0.15) is 0 Å². The maximum atomic E-state index is 13.5. The molecule has 1 aromatic carbocycles. The third-order valence-corrected chi connectivity index (χ3v) is 9.08. The lowest BCUT2D eigenvalue weighted by Crippen LogP contribution is -2.48. The number of carbonyl (C=O) groups excluding carboxylic acids is 1. The van der Waals surface area contributed by atoms with Crippen molar-refractivity contribution in [2.75, 3.05) is 39.9 Å². The lowest BCUT2D eigenvalue weighted by molar-refractivity contribution is -0.137. The molecule has 1 aromatic rings. The number of halogens is 2. The van der Waals surface area contributed by atoms with Crippen LogP contribution in [-0.2, 0) is 15.1 Å². The van der Waals surface area contributed by atoms with Crippen LogP contribution in [0.25, 0.3) is 0 Å². The fraction of sp³-hybridized carbons (Fsp3) is 0.759. The van der Waals surface area contributed by atoms with Crippen LogP contribution in [-0.4, -0.2) is 55.8 Å². The average molecular weight is 542 g/mol. The summed E-state index contributed by atoms with van der Waals surface area (Å²) < 4.78 is 5.51. The van der Waals surface area contributed by atoms with Gasteiger partial charge in [-0.15, -0.1) is 0 Å². The zero-order chi connectivity index (χ0) is 26.0. The third kappa shape index (κ3) is 8.07. The van der Waals surface area contributed by atoms with Crippen molar-refractivity contribution in [3.63, 3.8) is 0 Å². The van der Waals surface area contributed by atoms with E-state index in [1.165, 1.54) is 25.7 Å². The molecule has 1 saturated heterocycles. The van der Waals surface area contributed by atoms with Gasteiger partial charge in [-0.25, -0.2) is 0 Å². The summed E-state index contributed by atoms with van der Waals surface area (Å²) in [5.41, 5.74) is -0.455. The first-order valence-corrected chi connectivity index (χ1v) is 14.8.